The molecule has 0 spiro atoms. The average Bonchev–Trinajstić information content (AvgIpc) is 2.33. The molecule has 0 N–H and O–H groups in total. The molecule has 0 saturated carbocycles. The normalized spacial score (nSPS) is 13.4. The molecule has 0 aromatic heterocycles. The fraction of sp³-hybridized carbons (Fsp3) is 0.789. The first-order valence-electron chi connectivity index (χ1n) is 8.17. The van der Waals surface area contributed by atoms with Crippen LogP contribution < -0.4 is 0 Å². The van der Waals surface area contributed by atoms with Crippen LogP contribution in [-0.4, -0.2) is 18.1 Å². The van der Waals surface area contributed by atoms with E-state index in [-0.39, 0.29) is 55.2 Å². The van der Waals surface area contributed by atoms with Gasteiger partial charge in [-0.2, -0.15) is 0 Å². The van der Waals surface area contributed by atoms with Gasteiger partial charge in [0.05, 0.1) is 5.71 Å². The molecule has 3 nitrogen and oxygen atoms in total. The summed E-state index contributed by atoms with van der Waals surface area (Å²) >= 11 is 0. The summed E-state index contributed by atoms with van der Waals surface area (Å²) in [6.07, 6.45) is 3.00. The molecule has 0 fully saturated rings. The maximum Gasteiger partial charge on any atom is 0.111 e. The summed E-state index contributed by atoms with van der Waals surface area (Å²) in [4.78, 5) is 16.5. The van der Waals surface area contributed by atoms with Crippen molar-refractivity contribution in [1.82, 2.24) is 0 Å². The Morgan fingerprint density at radius 3 is 1.96 bits per heavy atom. The quantitative estimate of drug-likeness (QED) is 0.336. The Morgan fingerprint density at radius 1 is 1.17 bits per heavy atom. The molecule has 0 aliphatic rings. The van der Waals surface area contributed by atoms with Crippen molar-refractivity contribution >= 4 is 11.5 Å². The van der Waals surface area contributed by atoms with E-state index in [0.717, 1.165) is 25.0 Å². The van der Waals surface area contributed by atoms with Gasteiger partial charge in [-0.15, -0.1) is 5.92 Å². The van der Waals surface area contributed by atoms with E-state index in [9.17, 15) is 4.79 Å². The zero-order valence-electron chi connectivity index (χ0n) is 16.7. The predicted molar refractivity (Wildman–Crippen MR) is 96.7 cm³/mol. The van der Waals surface area contributed by atoms with Gasteiger partial charge in [0.2, 0.25) is 0 Å². The van der Waals surface area contributed by atoms with Crippen molar-refractivity contribution in [2.75, 3.05) is 6.61 Å². The fourth-order valence-corrected chi connectivity index (χ4v) is 2.01. The van der Waals surface area contributed by atoms with Crippen molar-refractivity contribution < 1.29 is 42.3 Å². The summed E-state index contributed by atoms with van der Waals surface area (Å²) in [5.74, 6) is 0.197. The monoisotopic (exact) mass is 400 g/mol. The molecule has 0 aliphatic carbocycles. The van der Waals surface area contributed by atoms with Gasteiger partial charge in [0, 0.05) is 38.1 Å². The van der Waals surface area contributed by atoms with Crippen molar-refractivity contribution in [1.29, 1.82) is 0 Å². The largest absolute Gasteiger partial charge is 0.429 e. The van der Waals surface area contributed by atoms with Gasteiger partial charge in [-0.05, 0) is 25.4 Å². The van der Waals surface area contributed by atoms with Crippen LogP contribution in [0.3, 0.4) is 0 Å². The molecule has 1 unspecified atom stereocenters. The van der Waals surface area contributed by atoms with E-state index in [1.807, 2.05) is 27.7 Å². The molecule has 0 bridgehead atoms. The van der Waals surface area contributed by atoms with Crippen molar-refractivity contribution in [3.05, 3.63) is 13.8 Å². The predicted octanol–water partition coefficient (Wildman–Crippen LogP) is 5.50. The van der Waals surface area contributed by atoms with Crippen LogP contribution in [0, 0.1) is 30.6 Å². The number of Topliss-reactive ketones (excluding diaryl/α,β-unsaturated/α-hetero) is 1. The van der Waals surface area contributed by atoms with Gasteiger partial charge in [0.25, 0.3) is 0 Å². The van der Waals surface area contributed by atoms with Gasteiger partial charge < -0.3 is 23.5 Å². The Balaban J connectivity index is -0.000000354. The van der Waals surface area contributed by atoms with E-state index in [2.05, 4.69) is 46.7 Å². The third-order valence-corrected chi connectivity index (χ3v) is 2.89. The SMILES string of the molecule is [CH2-]C(CC(C)(C)C)C(=O)C(C)(C)C.[CH2-]CO/N=C(\C)CCC.[Y]. The smallest absolute Gasteiger partial charge is 0.111 e. The Hall–Kier alpha value is 0.244. The van der Waals surface area contributed by atoms with E-state index in [1.54, 1.807) is 0 Å². The first kappa shape index (κ1) is 28.1. The molecule has 4 heteroatoms. The molecule has 0 heterocycles. The van der Waals surface area contributed by atoms with E-state index >= 15 is 0 Å². The Labute approximate surface area is 170 Å². The zero-order chi connectivity index (χ0) is 18.0. The second-order valence-corrected chi connectivity index (χ2v) is 7.99. The minimum Gasteiger partial charge on any atom is -0.429 e. The minimum absolute atomic E-state index is 0. The van der Waals surface area contributed by atoms with Crippen LogP contribution in [0.2, 0.25) is 0 Å². The molecule has 0 aliphatic heterocycles. The summed E-state index contributed by atoms with van der Waals surface area (Å²) < 4.78 is 0. The number of hydrogen-bond acceptors (Lipinski definition) is 3. The van der Waals surface area contributed by atoms with Gasteiger partial charge in [0.15, 0.2) is 0 Å². The van der Waals surface area contributed by atoms with Gasteiger partial charge in [0.1, 0.15) is 5.78 Å². The molecule has 0 rings (SSSR count). The summed E-state index contributed by atoms with van der Waals surface area (Å²) in [6, 6.07) is 0. The van der Waals surface area contributed by atoms with Gasteiger partial charge in [-0.1, -0.05) is 66.5 Å². The van der Waals surface area contributed by atoms with Gasteiger partial charge in [-0.3, -0.25) is 0 Å². The number of rotatable bonds is 6. The summed E-state index contributed by atoms with van der Waals surface area (Å²) in [5, 5.41) is 3.79. The fourth-order valence-electron chi connectivity index (χ4n) is 2.01. The molecule has 0 aromatic rings. The van der Waals surface area contributed by atoms with E-state index in [4.69, 9.17) is 4.84 Å². The molecule has 135 valence electrons. The van der Waals surface area contributed by atoms with E-state index in [0.29, 0.717) is 6.61 Å². The second-order valence-electron chi connectivity index (χ2n) is 7.99. The van der Waals surface area contributed by atoms with E-state index < -0.39 is 0 Å². The van der Waals surface area contributed by atoms with Crippen molar-refractivity contribution in [3.63, 3.8) is 0 Å². The van der Waals surface area contributed by atoms with Crippen LogP contribution in [0.25, 0.3) is 0 Å². The number of nitrogens with zero attached hydrogens (tertiary/aromatic N) is 1. The standard InChI is InChI=1S/C12H23O.C7H14NO.Y/c1-9(8-11(2,3)4)10(13)12(5,6)7;1-4-6-7(3)8-9-5-2;/h9H,1,8H2,2-7H3;2,4-6H2,1,3H3;/q2*-1;/b;8-7+;. The van der Waals surface area contributed by atoms with Crippen LogP contribution in [0.5, 0.6) is 0 Å². The number of carbonyl (C=O) groups excluding carboxylic acids is 1. The van der Waals surface area contributed by atoms with Gasteiger partial charge >= 0.3 is 0 Å². The minimum atomic E-state index is -0.252. The van der Waals surface area contributed by atoms with Crippen LogP contribution >= 0.6 is 0 Å². The maximum atomic E-state index is 11.8. The third-order valence-electron chi connectivity index (χ3n) is 2.89. The molecule has 0 saturated heterocycles. The van der Waals surface area contributed by atoms with Crippen molar-refractivity contribution in [2.45, 2.75) is 74.7 Å². The summed E-state index contributed by atoms with van der Waals surface area (Å²) in [6.45, 7) is 24.2. The number of ketones is 1. The van der Waals surface area contributed by atoms with E-state index in [1.165, 1.54) is 0 Å². The average molecular weight is 400 g/mol. The first-order valence-corrected chi connectivity index (χ1v) is 8.17. The third kappa shape index (κ3) is 18.4. The second kappa shape index (κ2) is 13.5. The van der Waals surface area contributed by atoms with Crippen molar-refractivity contribution in [3.8, 4) is 0 Å². The molecule has 1 radical (unpaired) electrons. The number of hydrogen-bond donors (Lipinski definition) is 0. The molecule has 23 heavy (non-hydrogen) atoms. The van der Waals surface area contributed by atoms with Crippen LogP contribution in [0.1, 0.15) is 74.7 Å². The van der Waals surface area contributed by atoms with Crippen molar-refractivity contribution in [2.24, 2.45) is 21.9 Å². The molecule has 1 atom stereocenters. The molecular weight excluding hydrogens is 363 g/mol. The van der Waals surface area contributed by atoms with Gasteiger partial charge in [-0.25, -0.2) is 0 Å². The molecule has 0 amide bonds. The summed E-state index contributed by atoms with van der Waals surface area (Å²) in [5.41, 5.74) is 0.978. The topological polar surface area (TPSA) is 38.7 Å². The molecule has 0 aromatic carbocycles. The molecular formula is C19H37NO2Y-2. The van der Waals surface area contributed by atoms with Crippen LogP contribution in [0.15, 0.2) is 5.16 Å². The number of carbonyl (C=O) groups is 1. The van der Waals surface area contributed by atoms with Crippen LogP contribution in [-0.2, 0) is 42.3 Å². The first-order chi connectivity index (χ1) is 9.85. The Kier molecular flexibility index (Phi) is 16.5. The Bertz CT molecular complexity index is 338. The summed E-state index contributed by atoms with van der Waals surface area (Å²) in [7, 11) is 0. The Morgan fingerprint density at radius 2 is 1.65 bits per heavy atom. The zero-order valence-corrected chi connectivity index (χ0v) is 19.5. The van der Waals surface area contributed by atoms with Crippen LogP contribution in [0.4, 0.5) is 0 Å². The maximum absolute atomic E-state index is 11.8. The number of oxime groups is 1.